The van der Waals surface area contributed by atoms with E-state index >= 15 is 0 Å². The molecule has 0 aliphatic carbocycles. The van der Waals surface area contributed by atoms with Crippen LogP contribution in [0, 0.1) is 11.6 Å². The first-order valence-electron chi connectivity index (χ1n) is 10.5. The number of piperidine rings is 1. The highest BCUT2D eigenvalue weighted by molar-refractivity contribution is 7.80. The van der Waals surface area contributed by atoms with E-state index in [4.69, 9.17) is 12.2 Å². The average Bonchev–Trinajstić information content (AvgIpc) is 2.84. The molecular formula is C27H20F2N2O2S. The minimum atomic E-state index is -0.473. The van der Waals surface area contributed by atoms with Gasteiger partial charge in [0.15, 0.2) is 10.9 Å². The molecule has 170 valence electrons. The van der Waals surface area contributed by atoms with E-state index < -0.39 is 11.6 Å². The Morgan fingerprint density at radius 2 is 1.26 bits per heavy atom. The van der Waals surface area contributed by atoms with Crippen molar-refractivity contribution < 1.29 is 18.4 Å². The third kappa shape index (κ3) is 5.32. The van der Waals surface area contributed by atoms with Crippen LogP contribution in [0.1, 0.15) is 21.5 Å². The van der Waals surface area contributed by atoms with Gasteiger partial charge in [0.2, 0.25) is 0 Å². The third-order valence-corrected chi connectivity index (χ3v) is 5.68. The summed E-state index contributed by atoms with van der Waals surface area (Å²) >= 11 is 5.46. The number of nitrogens with zero attached hydrogens (tertiary/aromatic N) is 1. The molecule has 0 radical (unpaired) electrons. The van der Waals surface area contributed by atoms with Crippen LogP contribution in [-0.4, -0.2) is 34.8 Å². The van der Waals surface area contributed by atoms with E-state index in [1.807, 2.05) is 0 Å². The Morgan fingerprint density at radius 1 is 0.794 bits per heavy atom. The monoisotopic (exact) mass is 474 g/mol. The number of benzene rings is 3. The zero-order valence-electron chi connectivity index (χ0n) is 18.0. The number of halogens is 2. The number of rotatable bonds is 3. The van der Waals surface area contributed by atoms with Crippen molar-refractivity contribution in [2.75, 3.05) is 13.1 Å². The molecular weight excluding hydrogens is 454 g/mol. The number of ketones is 1. The van der Waals surface area contributed by atoms with Gasteiger partial charge in [-0.3, -0.25) is 14.9 Å². The fourth-order valence-corrected chi connectivity index (χ4v) is 3.80. The number of amides is 1. The second kappa shape index (κ2) is 10.3. The molecule has 7 heteroatoms. The van der Waals surface area contributed by atoms with Crippen molar-refractivity contribution in [1.82, 2.24) is 10.2 Å². The number of carbonyl (C=O) groups excluding carboxylic acids is 2. The first kappa shape index (κ1) is 23.2. The summed E-state index contributed by atoms with van der Waals surface area (Å²) in [7, 11) is 0. The van der Waals surface area contributed by atoms with Crippen LogP contribution in [-0.2, 0) is 4.79 Å². The Kier molecular flexibility index (Phi) is 7.04. The van der Waals surface area contributed by atoms with E-state index in [1.165, 1.54) is 24.3 Å². The molecule has 3 aromatic rings. The van der Waals surface area contributed by atoms with Crippen molar-refractivity contribution in [2.24, 2.45) is 0 Å². The van der Waals surface area contributed by atoms with Gasteiger partial charge in [0.25, 0.3) is 5.91 Å². The van der Waals surface area contributed by atoms with Gasteiger partial charge < -0.3 is 4.90 Å². The molecule has 1 aliphatic rings. The number of hydrogen-bond donors (Lipinski definition) is 1. The second-order valence-electron chi connectivity index (χ2n) is 7.69. The Labute approximate surface area is 201 Å². The highest BCUT2D eigenvalue weighted by atomic mass is 32.1. The van der Waals surface area contributed by atoms with E-state index in [0.29, 0.717) is 5.56 Å². The number of hydrogen-bond acceptors (Lipinski definition) is 3. The standard InChI is InChI=1S/C27H20F2N2O2S/c28-23-12-6-4-10-19(23)14-21-16-31(27(34)30-26(33)18-8-2-1-3-9-18)17-22(25(21)32)15-20-11-5-7-13-24(20)29/h1-15H,16-17H2,(H,30,33,34)/b21-14+,22-15+. The maximum absolute atomic E-state index is 14.3. The number of thiocarbonyl (C=S) groups is 1. The number of nitrogens with one attached hydrogen (secondary N) is 1. The molecule has 1 fully saturated rings. The summed E-state index contributed by atoms with van der Waals surface area (Å²) in [4.78, 5) is 27.4. The number of carbonyl (C=O) groups is 2. The summed E-state index contributed by atoms with van der Waals surface area (Å²) < 4.78 is 28.5. The van der Waals surface area contributed by atoms with Gasteiger partial charge in [0.05, 0.1) is 0 Å². The lowest BCUT2D eigenvalue weighted by atomic mass is 9.94. The van der Waals surface area contributed by atoms with Crippen molar-refractivity contribution in [3.8, 4) is 0 Å². The van der Waals surface area contributed by atoms with E-state index in [2.05, 4.69) is 5.32 Å². The third-order valence-electron chi connectivity index (χ3n) is 5.32. The van der Waals surface area contributed by atoms with E-state index in [0.717, 1.165) is 0 Å². The molecule has 0 unspecified atom stereocenters. The van der Waals surface area contributed by atoms with Crippen LogP contribution < -0.4 is 5.32 Å². The fraction of sp³-hybridized carbons (Fsp3) is 0.0741. The molecule has 4 nitrogen and oxygen atoms in total. The quantitative estimate of drug-likeness (QED) is 0.427. The van der Waals surface area contributed by atoms with Crippen LogP contribution in [0.5, 0.6) is 0 Å². The fourth-order valence-electron chi connectivity index (χ4n) is 3.58. The smallest absolute Gasteiger partial charge is 0.257 e. The van der Waals surface area contributed by atoms with E-state index in [9.17, 15) is 18.4 Å². The van der Waals surface area contributed by atoms with Crippen LogP contribution >= 0.6 is 12.2 Å². The van der Waals surface area contributed by atoms with Crippen LogP contribution in [0.25, 0.3) is 12.2 Å². The molecule has 0 aromatic heterocycles. The molecule has 0 bridgehead atoms. The molecule has 34 heavy (non-hydrogen) atoms. The lowest BCUT2D eigenvalue weighted by Crippen LogP contribution is -2.48. The van der Waals surface area contributed by atoms with Gasteiger partial charge >= 0.3 is 0 Å². The minimum Gasteiger partial charge on any atom is -0.340 e. The second-order valence-corrected chi connectivity index (χ2v) is 8.08. The van der Waals surface area contributed by atoms with Crippen molar-refractivity contribution in [1.29, 1.82) is 0 Å². The van der Waals surface area contributed by atoms with Gasteiger partial charge in [0, 0.05) is 40.9 Å². The molecule has 3 aromatic carbocycles. The molecule has 0 saturated carbocycles. The predicted octanol–water partition coefficient (Wildman–Crippen LogP) is 5.03. The van der Waals surface area contributed by atoms with Gasteiger partial charge in [-0.05, 0) is 48.6 Å². The minimum absolute atomic E-state index is 0.0652. The summed E-state index contributed by atoms with van der Waals surface area (Å²) in [5.41, 5.74) is 1.47. The van der Waals surface area contributed by atoms with Gasteiger partial charge in [-0.15, -0.1) is 0 Å². The molecule has 1 saturated heterocycles. The summed E-state index contributed by atoms with van der Waals surface area (Å²) in [5.74, 6) is -1.67. The van der Waals surface area contributed by atoms with E-state index in [-0.39, 0.29) is 52.2 Å². The van der Waals surface area contributed by atoms with Crippen molar-refractivity contribution in [3.05, 3.63) is 118 Å². The predicted molar refractivity (Wildman–Crippen MR) is 132 cm³/mol. The molecule has 1 N–H and O–H groups in total. The van der Waals surface area contributed by atoms with E-state index in [1.54, 1.807) is 71.6 Å². The highest BCUT2D eigenvalue weighted by Crippen LogP contribution is 2.24. The first-order valence-corrected chi connectivity index (χ1v) is 10.9. The van der Waals surface area contributed by atoms with Crippen LogP contribution in [0.4, 0.5) is 8.78 Å². The van der Waals surface area contributed by atoms with Gasteiger partial charge in [-0.25, -0.2) is 8.78 Å². The Hall–Kier alpha value is -3.97. The Bertz CT molecular complexity index is 1250. The zero-order valence-corrected chi connectivity index (χ0v) is 18.8. The van der Waals surface area contributed by atoms with Gasteiger partial charge in [-0.2, -0.15) is 0 Å². The highest BCUT2D eigenvalue weighted by Gasteiger charge is 2.29. The lowest BCUT2D eigenvalue weighted by Gasteiger charge is -2.31. The molecule has 4 rings (SSSR count). The summed E-state index contributed by atoms with van der Waals surface area (Å²) in [5, 5.41) is 2.79. The van der Waals surface area contributed by atoms with Gasteiger partial charge in [-0.1, -0.05) is 54.6 Å². The first-order chi connectivity index (χ1) is 16.4. The zero-order chi connectivity index (χ0) is 24.1. The van der Waals surface area contributed by atoms with Crippen molar-refractivity contribution in [3.63, 3.8) is 0 Å². The molecule has 0 atom stereocenters. The molecule has 0 spiro atoms. The number of Topliss-reactive ketones (excluding diaryl/α,β-unsaturated/α-hetero) is 1. The van der Waals surface area contributed by atoms with Crippen LogP contribution in [0.15, 0.2) is 90.0 Å². The summed E-state index contributed by atoms with van der Waals surface area (Å²) in [6.07, 6.45) is 2.92. The van der Waals surface area contributed by atoms with Crippen molar-refractivity contribution in [2.45, 2.75) is 0 Å². The molecule has 1 heterocycles. The SMILES string of the molecule is O=C1/C(=C/c2ccccc2F)CN(C(=S)NC(=O)c2ccccc2)C/C1=C\c1ccccc1F. The molecule has 1 aliphatic heterocycles. The summed E-state index contributed by atoms with van der Waals surface area (Å²) in [6, 6.07) is 20.8. The molecule has 1 amide bonds. The summed E-state index contributed by atoms with van der Waals surface area (Å²) in [6.45, 7) is 0.130. The maximum atomic E-state index is 14.3. The van der Waals surface area contributed by atoms with Crippen LogP contribution in [0.3, 0.4) is 0 Å². The van der Waals surface area contributed by atoms with Crippen molar-refractivity contribution >= 4 is 41.2 Å². The Balaban J connectivity index is 1.67. The van der Waals surface area contributed by atoms with Crippen LogP contribution in [0.2, 0.25) is 0 Å². The average molecular weight is 475 g/mol. The normalized spacial score (nSPS) is 16.1. The topological polar surface area (TPSA) is 49.4 Å². The largest absolute Gasteiger partial charge is 0.340 e. The number of likely N-dealkylation sites (tertiary alicyclic amines) is 1. The maximum Gasteiger partial charge on any atom is 0.257 e. The van der Waals surface area contributed by atoms with Gasteiger partial charge in [0.1, 0.15) is 11.6 Å². The lowest BCUT2D eigenvalue weighted by molar-refractivity contribution is -0.113. The Morgan fingerprint density at radius 3 is 1.76 bits per heavy atom.